The third-order valence-corrected chi connectivity index (χ3v) is 2.60. The molecule has 1 heterocycles. The number of aromatic nitrogens is 1. The van der Waals surface area contributed by atoms with Crippen LogP contribution in [0.4, 0.5) is 0 Å². The van der Waals surface area contributed by atoms with Gasteiger partial charge in [-0.05, 0) is 12.5 Å². The maximum Gasteiger partial charge on any atom is 0.261 e. The predicted molar refractivity (Wildman–Crippen MR) is 53.0 cm³/mol. The Kier molecular flexibility index (Phi) is 2.18. The van der Waals surface area contributed by atoms with Crippen LogP contribution in [0.1, 0.15) is 5.56 Å². The zero-order valence-electron chi connectivity index (χ0n) is 5.89. The molecule has 0 radical (unpaired) electrons. The van der Waals surface area contributed by atoms with Crippen molar-refractivity contribution < 1.29 is 0 Å². The predicted octanol–water partition coefficient (Wildman–Crippen LogP) is -0.387. The van der Waals surface area contributed by atoms with E-state index >= 15 is 0 Å². The molecule has 0 N–H and O–H groups in total. The second kappa shape index (κ2) is 2.78. The molecule has 10 heavy (non-hydrogen) atoms. The minimum atomic E-state index is 0.0839. The first-order chi connectivity index (χ1) is 4.63. The molecule has 0 saturated heterocycles. The molecule has 52 valence electrons. The number of nitrogens with zero attached hydrogens (tertiary/aromatic N) is 1. The molecule has 0 atom stereocenters. The Balaban J connectivity index is 3.50. The molecule has 1 aromatic heterocycles. The standard InChI is InChI=1S/C6H7BINO/c1-4-2-3-5(7)9(8)6(4)10/h2-3H,7H2,1H3. The Morgan fingerprint density at radius 1 is 1.60 bits per heavy atom. The van der Waals surface area contributed by atoms with Crippen LogP contribution < -0.4 is 11.2 Å². The second-order valence-corrected chi connectivity index (χ2v) is 3.21. The summed E-state index contributed by atoms with van der Waals surface area (Å²) in [5, 5.41) is 0. The lowest BCUT2D eigenvalue weighted by Crippen LogP contribution is -2.27. The lowest BCUT2D eigenvalue weighted by atomic mass is 10.0. The van der Waals surface area contributed by atoms with E-state index in [1.165, 1.54) is 0 Å². The van der Waals surface area contributed by atoms with Gasteiger partial charge < -0.3 is 0 Å². The van der Waals surface area contributed by atoms with Gasteiger partial charge in [-0.3, -0.25) is 7.58 Å². The topological polar surface area (TPSA) is 22.0 Å². The zero-order valence-corrected chi connectivity index (χ0v) is 8.05. The minimum absolute atomic E-state index is 0.0839. The number of hydrogen-bond donors (Lipinski definition) is 0. The van der Waals surface area contributed by atoms with Gasteiger partial charge in [-0.15, -0.1) is 0 Å². The summed E-state index contributed by atoms with van der Waals surface area (Å²) in [7, 11) is 1.91. The van der Waals surface area contributed by atoms with Crippen molar-refractivity contribution in [2.45, 2.75) is 6.92 Å². The molecule has 2 nitrogen and oxygen atoms in total. The van der Waals surface area contributed by atoms with E-state index in [-0.39, 0.29) is 5.56 Å². The Morgan fingerprint density at radius 2 is 2.20 bits per heavy atom. The number of pyridine rings is 1. The largest absolute Gasteiger partial charge is 0.268 e. The van der Waals surface area contributed by atoms with Crippen LogP contribution >= 0.6 is 22.9 Å². The molecule has 0 fully saturated rings. The van der Waals surface area contributed by atoms with E-state index in [2.05, 4.69) is 0 Å². The fraction of sp³-hybridized carbons (Fsp3) is 0.167. The average molecular weight is 247 g/mol. The molecule has 0 aliphatic heterocycles. The van der Waals surface area contributed by atoms with Crippen LogP contribution in [0.15, 0.2) is 16.9 Å². The highest BCUT2D eigenvalue weighted by molar-refractivity contribution is 14.1. The highest BCUT2D eigenvalue weighted by Gasteiger charge is 1.97. The summed E-state index contributed by atoms with van der Waals surface area (Å²) in [6.45, 7) is 1.82. The second-order valence-electron chi connectivity index (χ2n) is 2.24. The number of rotatable bonds is 0. The lowest BCUT2D eigenvalue weighted by molar-refractivity contribution is 1.19. The van der Waals surface area contributed by atoms with Gasteiger partial charge in [-0.1, -0.05) is 12.1 Å². The van der Waals surface area contributed by atoms with Gasteiger partial charge in [-0.2, -0.15) is 0 Å². The van der Waals surface area contributed by atoms with Crippen molar-refractivity contribution >= 4 is 36.3 Å². The summed E-state index contributed by atoms with van der Waals surface area (Å²) in [6, 6.07) is 3.77. The van der Waals surface area contributed by atoms with Gasteiger partial charge in [0, 0.05) is 5.56 Å². The van der Waals surface area contributed by atoms with Crippen LogP contribution in [0.3, 0.4) is 0 Å². The van der Waals surface area contributed by atoms with E-state index < -0.39 is 0 Å². The van der Waals surface area contributed by atoms with E-state index in [1.54, 1.807) is 2.78 Å². The monoisotopic (exact) mass is 247 g/mol. The first-order valence-corrected chi connectivity index (χ1v) is 3.95. The summed E-state index contributed by atoms with van der Waals surface area (Å²) in [5.74, 6) is 0. The van der Waals surface area contributed by atoms with Gasteiger partial charge in [0.25, 0.3) is 5.56 Å². The number of halogens is 1. The highest BCUT2D eigenvalue weighted by atomic mass is 127. The van der Waals surface area contributed by atoms with Crippen molar-refractivity contribution in [3.63, 3.8) is 0 Å². The summed E-state index contributed by atoms with van der Waals surface area (Å²) in [5.41, 5.74) is 1.86. The molecule has 0 unspecified atom stereocenters. The lowest BCUT2D eigenvalue weighted by Gasteiger charge is -1.99. The Bertz CT molecular complexity index is 307. The molecular weight excluding hydrogens is 240 g/mol. The molecule has 0 bridgehead atoms. The number of hydrogen-bond acceptors (Lipinski definition) is 1. The van der Waals surface area contributed by atoms with E-state index in [0.29, 0.717) is 0 Å². The molecule has 0 aromatic carbocycles. The SMILES string of the molecule is Bc1ccc(C)c(=O)n1I. The minimum Gasteiger partial charge on any atom is -0.268 e. The average Bonchev–Trinajstić information content (AvgIpc) is 1.93. The van der Waals surface area contributed by atoms with Crippen molar-refractivity contribution in [1.82, 2.24) is 2.78 Å². The van der Waals surface area contributed by atoms with Gasteiger partial charge in [0.05, 0.1) is 22.9 Å². The van der Waals surface area contributed by atoms with Gasteiger partial charge in [0.15, 0.2) is 7.85 Å². The molecular formula is C6H7BINO. The van der Waals surface area contributed by atoms with Crippen LogP contribution in [0, 0.1) is 6.92 Å². The first-order valence-electron chi connectivity index (χ1n) is 2.98. The molecule has 0 spiro atoms. The van der Waals surface area contributed by atoms with Crippen LogP contribution in [-0.2, 0) is 0 Å². The summed E-state index contributed by atoms with van der Waals surface area (Å²) in [4.78, 5) is 11.1. The van der Waals surface area contributed by atoms with Crippen molar-refractivity contribution in [3.05, 3.63) is 28.0 Å². The highest BCUT2D eigenvalue weighted by Crippen LogP contribution is 1.88. The van der Waals surface area contributed by atoms with Gasteiger partial charge in [0.1, 0.15) is 0 Å². The van der Waals surface area contributed by atoms with Crippen LogP contribution in [-0.4, -0.2) is 10.6 Å². The first kappa shape index (κ1) is 7.85. The van der Waals surface area contributed by atoms with Crippen molar-refractivity contribution in [2.24, 2.45) is 0 Å². The Morgan fingerprint density at radius 3 is 2.70 bits per heavy atom. The van der Waals surface area contributed by atoms with Crippen molar-refractivity contribution in [3.8, 4) is 0 Å². The smallest absolute Gasteiger partial charge is 0.261 e. The van der Waals surface area contributed by atoms with E-state index in [0.717, 1.165) is 11.2 Å². The van der Waals surface area contributed by atoms with Crippen LogP contribution in [0.25, 0.3) is 0 Å². The van der Waals surface area contributed by atoms with Crippen LogP contribution in [0.2, 0.25) is 0 Å². The zero-order chi connectivity index (χ0) is 7.72. The van der Waals surface area contributed by atoms with Crippen molar-refractivity contribution in [1.29, 1.82) is 0 Å². The third-order valence-electron chi connectivity index (χ3n) is 1.40. The fourth-order valence-electron chi connectivity index (χ4n) is 0.697. The molecule has 0 aliphatic rings. The van der Waals surface area contributed by atoms with E-state index in [1.807, 2.05) is 49.8 Å². The van der Waals surface area contributed by atoms with E-state index in [9.17, 15) is 4.79 Å². The molecule has 0 amide bonds. The van der Waals surface area contributed by atoms with Gasteiger partial charge in [0.2, 0.25) is 0 Å². The summed E-state index contributed by atoms with van der Waals surface area (Å²) >= 11 is 2.00. The fourth-order valence-corrected chi connectivity index (χ4v) is 1.24. The van der Waals surface area contributed by atoms with Gasteiger partial charge in [-0.25, -0.2) is 0 Å². The molecule has 1 aromatic rings. The summed E-state index contributed by atoms with van der Waals surface area (Å²) < 4.78 is 1.62. The van der Waals surface area contributed by atoms with Crippen LogP contribution in [0.5, 0.6) is 0 Å². The van der Waals surface area contributed by atoms with Gasteiger partial charge >= 0.3 is 0 Å². The Hall–Kier alpha value is -0.255. The maximum atomic E-state index is 11.1. The maximum absolute atomic E-state index is 11.1. The molecule has 0 saturated carbocycles. The third kappa shape index (κ3) is 1.26. The van der Waals surface area contributed by atoms with E-state index in [4.69, 9.17) is 0 Å². The normalized spacial score (nSPS) is 9.80. The molecule has 1 rings (SSSR count). The quantitative estimate of drug-likeness (QED) is 0.452. The molecule has 0 aliphatic carbocycles. The summed E-state index contributed by atoms with van der Waals surface area (Å²) in [6.07, 6.45) is 0. The number of aryl methyl sites for hydroxylation is 1. The molecule has 4 heteroatoms. The Labute approximate surface area is 74.2 Å². The van der Waals surface area contributed by atoms with Crippen molar-refractivity contribution in [2.75, 3.05) is 0 Å².